The first kappa shape index (κ1) is 21.9. The lowest BCUT2D eigenvalue weighted by Gasteiger charge is -2.21. The van der Waals surface area contributed by atoms with E-state index in [0.29, 0.717) is 18.2 Å². The van der Waals surface area contributed by atoms with Gasteiger partial charge in [-0.2, -0.15) is 18.2 Å². The summed E-state index contributed by atoms with van der Waals surface area (Å²) in [7, 11) is 0. The van der Waals surface area contributed by atoms with Crippen molar-refractivity contribution in [2.75, 3.05) is 19.6 Å². The quantitative estimate of drug-likeness (QED) is 0.474. The third kappa shape index (κ3) is 4.47. The number of aryl methyl sites for hydroxylation is 1. The lowest BCUT2D eigenvalue weighted by molar-refractivity contribution is -0.137. The van der Waals surface area contributed by atoms with Gasteiger partial charge in [0.2, 0.25) is 0 Å². The predicted molar refractivity (Wildman–Crippen MR) is 121 cm³/mol. The second-order valence-electron chi connectivity index (χ2n) is 9.23. The Kier molecular flexibility index (Phi) is 5.60. The number of hydrogen-bond acceptors (Lipinski definition) is 3. The van der Waals surface area contributed by atoms with Crippen LogP contribution in [0.4, 0.5) is 13.2 Å². The molecule has 0 amide bonds. The van der Waals surface area contributed by atoms with E-state index in [9.17, 15) is 18.0 Å². The van der Waals surface area contributed by atoms with Crippen LogP contribution < -0.4 is 5.69 Å². The number of alkyl halides is 3. The molecule has 1 saturated carbocycles. The maximum absolute atomic E-state index is 12.8. The van der Waals surface area contributed by atoms with Gasteiger partial charge in [0.05, 0.1) is 11.3 Å². The van der Waals surface area contributed by atoms with Gasteiger partial charge in [0.15, 0.2) is 0 Å². The van der Waals surface area contributed by atoms with E-state index in [0.717, 1.165) is 50.0 Å². The molecule has 1 aliphatic carbocycles. The summed E-state index contributed by atoms with van der Waals surface area (Å²) in [6, 6.07) is 17.2. The first-order valence-corrected chi connectivity index (χ1v) is 11.4. The summed E-state index contributed by atoms with van der Waals surface area (Å²) in [6.45, 7) is 3.45. The maximum Gasteiger partial charge on any atom is 0.416 e. The van der Waals surface area contributed by atoms with Crippen molar-refractivity contribution in [1.29, 1.82) is 0 Å². The van der Waals surface area contributed by atoms with Crippen LogP contribution in [-0.2, 0) is 18.1 Å². The van der Waals surface area contributed by atoms with Crippen molar-refractivity contribution in [3.8, 4) is 11.3 Å². The Morgan fingerprint density at radius 3 is 2.39 bits per heavy atom. The zero-order valence-corrected chi connectivity index (χ0v) is 18.3. The molecule has 0 N–H and O–H groups in total. The van der Waals surface area contributed by atoms with E-state index in [1.165, 1.54) is 12.1 Å². The summed E-state index contributed by atoms with van der Waals surface area (Å²) in [5.41, 5.74) is 1.84. The van der Waals surface area contributed by atoms with Gasteiger partial charge in [-0.3, -0.25) is 4.57 Å². The topological polar surface area (TPSA) is 38.1 Å². The van der Waals surface area contributed by atoms with E-state index >= 15 is 0 Å². The van der Waals surface area contributed by atoms with Crippen LogP contribution >= 0.6 is 0 Å². The largest absolute Gasteiger partial charge is 0.416 e. The molecule has 4 nitrogen and oxygen atoms in total. The molecule has 1 aromatic heterocycles. The van der Waals surface area contributed by atoms with Gasteiger partial charge in [0.25, 0.3) is 0 Å². The molecular weight excluding hydrogens is 427 g/mol. The lowest BCUT2D eigenvalue weighted by atomic mass is 9.94. The fraction of sp³-hybridized carbons (Fsp3) is 0.385. The molecule has 2 fully saturated rings. The molecule has 33 heavy (non-hydrogen) atoms. The van der Waals surface area contributed by atoms with E-state index < -0.39 is 11.7 Å². The Labute approximate surface area is 190 Å². The molecule has 2 atom stereocenters. The second kappa shape index (κ2) is 8.45. The van der Waals surface area contributed by atoms with Crippen LogP contribution in [0.2, 0.25) is 0 Å². The van der Waals surface area contributed by atoms with Crippen LogP contribution in [0.25, 0.3) is 11.3 Å². The van der Waals surface area contributed by atoms with Crippen molar-refractivity contribution in [3.63, 3.8) is 0 Å². The minimum atomic E-state index is -4.29. The van der Waals surface area contributed by atoms with E-state index in [4.69, 9.17) is 0 Å². The Balaban J connectivity index is 1.12. The summed E-state index contributed by atoms with van der Waals surface area (Å²) in [5, 5.41) is 0. The Hall–Kier alpha value is -2.93. The van der Waals surface area contributed by atoms with Crippen molar-refractivity contribution in [3.05, 3.63) is 88.5 Å². The molecular formula is C26H26F3N3O. The second-order valence-corrected chi connectivity index (χ2v) is 9.23. The number of piperidine rings is 1. The highest BCUT2D eigenvalue weighted by atomic mass is 19.4. The Morgan fingerprint density at radius 1 is 0.970 bits per heavy atom. The number of benzene rings is 2. The zero-order valence-electron chi connectivity index (χ0n) is 18.3. The van der Waals surface area contributed by atoms with E-state index in [-0.39, 0.29) is 11.1 Å². The molecule has 1 saturated heterocycles. The van der Waals surface area contributed by atoms with Crippen molar-refractivity contribution in [2.45, 2.75) is 37.4 Å². The van der Waals surface area contributed by atoms with E-state index in [1.54, 1.807) is 16.7 Å². The lowest BCUT2D eigenvalue weighted by Crippen LogP contribution is -2.28. The monoisotopic (exact) mass is 453 g/mol. The number of likely N-dealkylation sites (tertiary alicyclic amines) is 1. The van der Waals surface area contributed by atoms with Crippen LogP contribution in [0.5, 0.6) is 0 Å². The van der Waals surface area contributed by atoms with Crippen molar-refractivity contribution in [2.24, 2.45) is 5.92 Å². The molecule has 3 aromatic rings. The molecule has 5 rings (SSSR count). The molecule has 2 heterocycles. The third-order valence-electron chi connectivity index (χ3n) is 7.07. The number of hydrogen-bond donors (Lipinski definition) is 0. The highest BCUT2D eigenvalue weighted by Crippen LogP contribution is 2.59. The van der Waals surface area contributed by atoms with Crippen LogP contribution in [0.3, 0.4) is 0 Å². The summed E-state index contributed by atoms with van der Waals surface area (Å²) in [5.74, 6) is 0.534. The molecule has 7 heteroatoms. The van der Waals surface area contributed by atoms with Crippen LogP contribution in [0.1, 0.15) is 30.4 Å². The first-order chi connectivity index (χ1) is 15.8. The van der Waals surface area contributed by atoms with Gasteiger partial charge in [0.1, 0.15) is 0 Å². The minimum absolute atomic E-state index is 0.0260. The van der Waals surface area contributed by atoms with Crippen molar-refractivity contribution in [1.82, 2.24) is 14.5 Å². The Morgan fingerprint density at radius 2 is 1.70 bits per heavy atom. The number of aromatic nitrogens is 2. The summed E-state index contributed by atoms with van der Waals surface area (Å²) < 4.78 is 40.2. The number of rotatable bonds is 7. The number of fused-ring (bicyclic) bond motifs is 1. The van der Waals surface area contributed by atoms with Gasteiger partial charge in [-0.1, -0.05) is 42.5 Å². The molecule has 0 unspecified atom stereocenters. The van der Waals surface area contributed by atoms with Crippen LogP contribution in [0.15, 0.2) is 71.7 Å². The molecule has 172 valence electrons. The average molecular weight is 454 g/mol. The van der Waals surface area contributed by atoms with Crippen molar-refractivity contribution >= 4 is 0 Å². The highest BCUT2D eigenvalue weighted by Gasteiger charge is 2.60. The predicted octanol–water partition coefficient (Wildman–Crippen LogP) is 4.98. The van der Waals surface area contributed by atoms with E-state index in [2.05, 4.69) is 9.88 Å². The smallest absolute Gasteiger partial charge is 0.302 e. The van der Waals surface area contributed by atoms with E-state index in [1.807, 2.05) is 42.6 Å². The fourth-order valence-corrected chi connectivity index (χ4v) is 5.18. The zero-order chi connectivity index (χ0) is 23.1. The van der Waals surface area contributed by atoms with Gasteiger partial charge in [-0.25, -0.2) is 4.79 Å². The fourth-order valence-electron chi connectivity index (χ4n) is 5.18. The van der Waals surface area contributed by atoms with Gasteiger partial charge in [-0.15, -0.1) is 0 Å². The number of nitrogens with zero attached hydrogens (tertiary/aromatic N) is 3. The SMILES string of the molecule is O=c1nc(-c2ccccc2)ccn1CCCCN1C[C@@H]2C[C@]2(c2ccc(C(F)(F)F)cc2)C1. The van der Waals surface area contributed by atoms with Gasteiger partial charge in [-0.05, 0) is 55.5 Å². The first-order valence-electron chi connectivity index (χ1n) is 11.4. The van der Waals surface area contributed by atoms with Gasteiger partial charge < -0.3 is 4.90 Å². The summed E-state index contributed by atoms with van der Waals surface area (Å²) in [4.78, 5) is 19.0. The minimum Gasteiger partial charge on any atom is -0.302 e. The molecule has 0 bridgehead atoms. The molecule has 1 aliphatic heterocycles. The Bertz CT molecular complexity index is 1170. The number of halogens is 3. The highest BCUT2D eigenvalue weighted by molar-refractivity contribution is 5.57. The molecule has 0 spiro atoms. The normalized spacial score (nSPS) is 22.3. The summed E-state index contributed by atoms with van der Waals surface area (Å²) in [6.07, 6.45) is 0.412. The number of unbranched alkanes of at least 4 members (excludes halogenated alkanes) is 1. The third-order valence-corrected chi connectivity index (χ3v) is 7.07. The van der Waals surface area contributed by atoms with Crippen LogP contribution in [0, 0.1) is 5.92 Å². The summed E-state index contributed by atoms with van der Waals surface area (Å²) >= 11 is 0. The van der Waals surface area contributed by atoms with Gasteiger partial charge in [0, 0.05) is 36.8 Å². The average Bonchev–Trinajstić information content (AvgIpc) is 3.39. The van der Waals surface area contributed by atoms with Gasteiger partial charge >= 0.3 is 11.9 Å². The molecule has 2 aromatic carbocycles. The molecule has 0 radical (unpaired) electrons. The molecule has 2 aliphatic rings. The van der Waals surface area contributed by atoms with Crippen molar-refractivity contribution < 1.29 is 13.2 Å². The van der Waals surface area contributed by atoms with Crippen LogP contribution in [-0.4, -0.2) is 34.1 Å². The maximum atomic E-state index is 12.8. The standard InChI is InChI=1S/C26H26F3N3O/c27-26(28,29)21-10-8-20(9-11-21)25-16-22(25)17-31(18-25)13-4-5-14-32-15-12-23(30-24(32)33)19-6-2-1-3-7-19/h1-3,6-12,15,22H,4-5,13-14,16-18H2/t22-,25+/m0/s1.